The zero-order chi connectivity index (χ0) is 23.4. The lowest BCUT2D eigenvalue weighted by molar-refractivity contribution is -0.0261. The number of hydrogen-bond donors (Lipinski definition) is 0. The summed E-state index contributed by atoms with van der Waals surface area (Å²) in [6.07, 6.45) is 4.60. The van der Waals surface area contributed by atoms with Gasteiger partial charge in [-0.25, -0.2) is 9.78 Å². The summed E-state index contributed by atoms with van der Waals surface area (Å²) >= 11 is 0. The molecule has 1 aromatic carbocycles. The van der Waals surface area contributed by atoms with Crippen LogP contribution in [0.1, 0.15) is 18.9 Å². The Bertz CT molecular complexity index is 1310. The van der Waals surface area contributed by atoms with E-state index in [0.717, 1.165) is 48.2 Å². The predicted octanol–water partition coefficient (Wildman–Crippen LogP) is 0.645. The van der Waals surface area contributed by atoms with Gasteiger partial charge in [-0.1, -0.05) is 25.6 Å². The van der Waals surface area contributed by atoms with Crippen LogP contribution in [0.5, 0.6) is 5.75 Å². The summed E-state index contributed by atoms with van der Waals surface area (Å²) in [6.45, 7) is 9.94. The van der Waals surface area contributed by atoms with Crippen LogP contribution in [-0.2, 0) is 11.3 Å². The van der Waals surface area contributed by atoms with Crippen LogP contribution >= 0.6 is 0 Å². The molecule has 9 heteroatoms. The Hall–Kier alpha value is -3.30. The van der Waals surface area contributed by atoms with E-state index in [1.54, 1.807) is 18.7 Å². The molecule has 1 fully saturated rings. The van der Waals surface area contributed by atoms with E-state index in [1.807, 2.05) is 30.3 Å². The van der Waals surface area contributed by atoms with Gasteiger partial charge in [-0.15, -0.1) is 0 Å². The Kier molecular flexibility index (Phi) is 7.00. The van der Waals surface area contributed by atoms with Gasteiger partial charge in [0.05, 0.1) is 31.6 Å². The number of ether oxygens (including phenoxy) is 2. The minimum atomic E-state index is -0.291. The van der Waals surface area contributed by atoms with Gasteiger partial charge in [0, 0.05) is 26.7 Å². The zero-order valence-corrected chi connectivity index (χ0v) is 19.4. The molecule has 2 aromatic heterocycles. The Morgan fingerprint density at radius 2 is 2.15 bits per heavy atom. The molecule has 33 heavy (non-hydrogen) atoms. The van der Waals surface area contributed by atoms with Crippen molar-refractivity contribution in [2.45, 2.75) is 26.0 Å². The fourth-order valence-electron chi connectivity index (χ4n) is 4.15. The monoisotopic (exact) mass is 450 g/mol. The number of rotatable bonds is 7. The lowest BCUT2D eigenvalue weighted by atomic mass is 10.1. The lowest BCUT2D eigenvalue weighted by Gasteiger charge is -2.32. The molecule has 0 N–H and O–H groups in total. The molecule has 3 heterocycles. The van der Waals surface area contributed by atoms with Gasteiger partial charge in [-0.05, 0) is 35.8 Å². The molecule has 0 aliphatic carbocycles. The number of nitrogens with zero attached hydrogens (tertiary/aromatic N) is 6. The van der Waals surface area contributed by atoms with Gasteiger partial charge in [0.2, 0.25) is 0 Å². The smallest absolute Gasteiger partial charge is 0.352 e. The molecule has 1 aliphatic heterocycles. The van der Waals surface area contributed by atoms with Crippen molar-refractivity contribution in [2.75, 3.05) is 40.4 Å². The average molecular weight is 451 g/mol. The topological polar surface area (TPSA) is 86.2 Å². The fraction of sp³-hybridized carbons (Fsp3) is 0.417. The van der Waals surface area contributed by atoms with E-state index >= 15 is 0 Å². The molecule has 0 spiro atoms. The number of methoxy groups -OCH3 is 1. The SMILES string of the molecule is C=C(/C=c1\c(=N/C)n(Cc2ccc(OC)cc2)c(=O)n2ncnc12)CN1CCOC(CC)C1. The van der Waals surface area contributed by atoms with Crippen LogP contribution in [0.25, 0.3) is 11.7 Å². The van der Waals surface area contributed by atoms with Gasteiger partial charge in [0.1, 0.15) is 17.6 Å². The first-order chi connectivity index (χ1) is 16.0. The van der Waals surface area contributed by atoms with Crippen molar-refractivity contribution in [3.05, 3.63) is 69.5 Å². The third-order valence-electron chi connectivity index (χ3n) is 5.86. The first-order valence-corrected chi connectivity index (χ1v) is 11.1. The lowest BCUT2D eigenvalue weighted by Crippen LogP contribution is -2.48. The number of morpholine rings is 1. The van der Waals surface area contributed by atoms with E-state index in [4.69, 9.17) is 9.47 Å². The molecule has 174 valence electrons. The van der Waals surface area contributed by atoms with Crippen molar-refractivity contribution in [1.82, 2.24) is 24.1 Å². The second-order valence-electron chi connectivity index (χ2n) is 8.11. The summed E-state index contributed by atoms with van der Waals surface area (Å²) in [7, 11) is 3.31. The molecule has 1 saturated heterocycles. The quantitative estimate of drug-likeness (QED) is 0.525. The van der Waals surface area contributed by atoms with Crippen molar-refractivity contribution in [3.8, 4) is 5.75 Å². The van der Waals surface area contributed by atoms with Gasteiger partial charge in [0.25, 0.3) is 0 Å². The molecule has 1 unspecified atom stereocenters. The maximum absolute atomic E-state index is 13.2. The van der Waals surface area contributed by atoms with Gasteiger partial charge in [-0.2, -0.15) is 9.61 Å². The maximum Gasteiger partial charge on any atom is 0.352 e. The van der Waals surface area contributed by atoms with Crippen LogP contribution in [-0.4, -0.2) is 70.6 Å². The van der Waals surface area contributed by atoms with Crippen molar-refractivity contribution in [2.24, 2.45) is 4.99 Å². The van der Waals surface area contributed by atoms with Gasteiger partial charge < -0.3 is 9.47 Å². The van der Waals surface area contributed by atoms with Gasteiger partial charge >= 0.3 is 5.69 Å². The van der Waals surface area contributed by atoms with Crippen LogP contribution in [0.2, 0.25) is 0 Å². The summed E-state index contributed by atoms with van der Waals surface area (Å²) < 4.78 is 13.9. The average Bonchev–Trinajstić information content (AvgIpc) is 3.33. The number of aromatic nitrogens is 4. The molecule has 1 atom stereocenters. The Labute approximate surface area is 192 Å². The van der Waals surface area contributed by atoms with Crippen molar-refractivity contribution in [3.63, 3.8) is 0 Å². The van der Waals surface area contributed by atoms with Crippen LogP contribution in [0.4, 0.5) is 0 Å². The molecule has 1 aliphatic rings. The molecular weight excluding hydrogens is 420 g/mol. The largest absolute Gasteiger partial charge is 0.497 e. The Morgan fingerprint density at radius 3 is 2.85 bits per heavy atom. The highest BCUT2D eigenvalue weighted by molar-refractivity contribution is 5.53. The molecule has 0 amide bonds. The summed E-state index contributed by atoms with van der Waals surface area (Å²) in [5.74, 6) is 0.761. The van der Waals surface area contributed by atoms with Crippen LogP contribution < -0.4 is 21.1 Å². The molecule has 0 radical (unpaired) electrons. The zero-order valence-electron chi connectivity index (χ0n) is 19.4. The maximum atomic E-state index is 13.2. The molecule has 3 aromatic rings. The summed E-state index contributed by atoms with van der Waals surface area (Å²) in [5.41, 5.74) is 2.59. The second kappa shape index (κ2) is 10.1. The molecule has 0 bridgehead atoms. The molecule has 9 nitrogen and oxygen atoms in total. The van der Waals surface area contributed by atoms with E-state index < -0.39 is 0 Å². The molecular formula is C24H30N6O3. The minimum Gasteiger partial charge on any atom is -0.497 e. The van der Waals surface area contributed by atoms with Crippen LogP contribution in [0.3, 0.4) is 0 Å². The Balaban J connectivity index is 1.74. The fourth-order valence-corrected chi connectivity index (χ4v) is 4.15. The van der Waals surface area contributed by atoms with Gasteiger partial charge in [0.15, 0.2) is 5.65 Å². The first kappa shape index (κ1) is 22.9. The summed E-state index contributed by atoms with van der Waals surface area (Å²) in [5, 5.41) is 4.89. The normalized spacial score (nSPS) is 18.2. The van der Waals surface area contributed by atoms with Crippen LogP contribution in [0, 0.1) is 0 Å². The van der Waals surface area contributed by atoms with E-state index in [-0.39, 0.29) is 11.8 Å². The predicted molar refractivity (Wildman–Crippen MR) is 126 cm³/mol. The number of benzene rings is 1. The molecule has 0 saturated carbocycles. The number of hydrogen-bond acceptors (Lipinski definition) is 7. The molecule has 4 rings (SSSR count). The van der Waals surface area contributed by atoms with E-state index in [0.29, 0.717) is 24.2 Å². The Morgan fingerprint density at radius 1 is 1.36 bits per heavy atom. The standard InChI is InChI=1S/C24H30N6O3/c1-5-19-15-28(10-11-33-19)13-17(2)12-21-22(25-3)29(24(31)30-23(21)26-16-27-30)14-18-6-8-20(32-4)9-7-18/h6-9,12,16,19H,2,5,10-11,13-15H2,1,3-4H3/b21-12+,25-22+. The van der Waals surface area contributed by atoms with E-state index in [1.165, 1.54) is 10.8 Å². The van der Waals surface area contributed by atoms with Crippen molar-refractivity contribution < 1.29 is 9.47 Å². The summed E-state index contributed by atoms with van der Waals surface area (Å²) in [4.78, 5) is 24.3. The third kappa shape index (κ3) is 4.89. The summed E-state index contributed by atoms with van der Waals surface area (Å²) in [6, 6.07) is 7.61. The highest BCUT2D eigenvalue weighted by Gasteiger charge is 2.19. The third-order valence-corrected chi connectivity index (χ3v) is 5.86. The van der Waals surface area contributed by atoms with Crippen molar-refractivity contribution in [1.29, 1.82) is 0 Å². The minimum absolute atomic E-state index is 0.252. The highest BCUT2D eigenvalue weighted by Crippen LogP contribution is 2.12. The van der Waals surface area contributed by atoms with E-state index in [9.17, 15) is 4.79 Å². The van der Waals surface area contributed by atoms with Gasteiger partial charge in [-0.3, -0.25) is 14.5 Å². The van der Waals surface area contributed by atoms with E-state index in [2.05, 4.69) is 33.5 Å². The first-order valence-electron chi connectivity index (χ1n) is 11.1. The number of fused-ring (bicyclic) bond motifs is 1. The van der Waals surface area contributed by atoms with Crippen LogP contribution in [0.15, 0.2) is 52.5 Å². The van der Waals surface area contributed by atoms with Crippen molar-refractivity contribution >= 4 is 11.7 Å². The second-order valence-corrected chi connectivity index (χ2v) is 8.11. The highest BCUT2D eigenvalue weighted by atomic mass is 16.5.